The van der Waals surface area contributed by atoms with E-state index in [1.165, 1.54) is 11.8 Å². The van der Waals surface area contributed by atoms with Gasteiger partial charge in [-0.15, -0.1) is 11.8 Å². The topological polar surface area (TPSA) is 17.1 Å². The molecular weight excluding hydrogens is 251 g/mol. The second kappa shape index (κ2) is 5.78. The molecule has 0 aromatic heterocycles. The molecule has 0 N–H and O–H groups in total. The lowest BCUT2D eigenvalue weighted by atomic mass is 10.2. The maximum absolute atomic E-state index is 11.4. The largest absolute Gasteiger partial charge is 0.298 e. The van der Waals surface area contributed by atoms with Gasteiger partial charge in [0.25, 0.3) is 0 Å². The molecule has 1 nitrogen and oxygen atoms in total. The van der Waals surface area contributed by atoms with Gasteiger partial charge >= 0.3 is 0 Å². The molecule has 82 valence electrons. The van der Waals surface area contributed by atoms with Crippen molar-refractivity contribution in [2.24, 2.45) is 0 Å². The molecule has 1 aromatic carbocycles. The van der Waals surface area contributed by atoms with E-state index in [9.17, 15) is 4.79 Å². The first-order valence-electron chi connectivity index (χ1n) is 4.69. The quantitative estimate of drug-likeness (QED) is 0.746. The minimum absolute atomic E-state index is 0.104. The van der Waals surface area contributed by atoms with Crippen LogP contribution in [-0.4, -0.2) is 11.0 Å². The van der Waals surface area contributed by atoms with Crippen molar-refractivity contribution in [1.29, 1.82) is 0 Å². The standard InChI is InChI=1S/C11H12Cl2OS/c1-3-10(14)7(2)15-11-8(12)5-4-6-9(11)13/h4-7H,3H2,1-2H3. The fraction of sp³-hybridized carbons (Fsp3) is 0.364. The summed E-state index contributed by atoms with van der Waals surface area (Å²) in [7, 11) is 0. The van der Waals surface area contributed by atoms with Gasteiger partial charge in [0.05, 0.1) is 15.3 Å². The van der Waals surface area contributed by atoms with Crippen molar-refractivity contribution < 1.29 is 4.79 Å². The first kappa shape index (κ1) is 12.9. The summed E-state index contributed by atoms with van der Waals surface area (Å²) < 4.78 is 0. The van der Waals surface area contributed by atoms with Crippen LogP contribution in [0, 0.1) is 0 Å². The highest BCUT2D eigenvalue weighted by atomic mass is 35.5. The van der Waals surface area contributed by atoms with Crippen molar-refractivity contribution in [3.05, 3.63) is 28.2 Å². The molecule has 1 atom stereocenters. The molecule has 0 radical (unpaired) electrons. The number of rotatable bonds is 4. The molecule has 1 unspecified atom stereocenters. The molecular formula is C11H12Cl2OS. The first-order valence-corrected chi connectivity index (χ1v) is 6.33. The molecule has 0 aliphatic carbocycles. The number of thioether (sulfide) groups is 1. The zero-order chi connectivity index (χ0) is 11.4. The lowest BCUT2D eigenvalue weighted by Crippen LogP contribution is -2.11. The Balaban J connectivity index is 2.85. The Labute approximate surface area is 104 Å². The number of halogens is 2. The highest BCUT2D eigenvalue weighted by molar-refractivity contribution is 8.00. The van der Waals surface area contributed by atoms with Gasteiger partial charge in [-0.2, -0.15) is 0 Å². The Bertz CT molecular complexity index is 345. The van der Waals surface area contributed by atoms with Crippen LogP contribution < -0.4 is 0 Å². The van der Waals surface area contributed by atoms with E-state index in [-0.39, 0.29) is 11.0 Å². The van der Waals surface area contributed by atoms with E-state index in [2.05, 4.69) is 0 Å². The van der Waals surface area contributed by atoms with Crippen LogP contribution >= 0.6 is 35.0 Å². The van der Waals surface area contributed by atoms with Gasteiger partial charge in [-0.3, -0.25) is 4.79 Å². The number of hydrogen-bond donors (Lipinski definition) is 0. The van der Waals surface area contributed by atoms with Crippen LogP contribution in [0.15, 0.2) is 23.1 Å². The summed E-state index contributed by atoms with van der Waals surface area (Å²) in [6.45, 7) is 3.73. The van der Waals surface area contributed by atoms with Crippen molar-refractivity contribution in [3.63, 3.8) is 0 Å². The lowest BCUT2D eigenvalue weighted by Gasteiger charge is -2.11. The monoisotopic (exact) mass is 262 g/mol. The zero-order valence-corrected chi connectivity index (χ0v) is 10.9. The van der Waals surface area contributed by atoms with Crippen LogP contribution in [0.1, 0.15) is 20.3 Å². The summed E-state index contributed by atoms with van der Waals surface area (Å²) in [4.78, 5) is 12.2. The average molecular weight is 263 g/mol. The third-order valence-corrected chi connectivity index (χ3v) is 4.16. The molecule has 0 bridgehead atoms. The molecule has 1 aromatic rings. The SMILES string of the molecule is CCC(=O)C(C)Sc1c(Cl)cccc1Cl. The van der Waals surface area contributed by atoms with E-state index in [4.69, 9.17) is 23.2 Å². The number of carbonyl (C=O) groups excluding carboxylic acids is 1. The molecule has 0 heterocycles. The fourth-order valence-corrected chi connectivity index (χ4v) is 2.80. The molecule has 0 aliphatic rings. The molecule has 0 amide bonds. The Kier molecular flexibility index (Phi) is 4.97. The Morgan fingerprint density at radius 3 is 2.40 bits per heavy atom. The van der Waals surface area contributed by atoms with Crippen LogP contribution in [-0.2, 0) is 4.79 Å². The van der Waals surface area contributed by atoms with Gasteiger partial charge in [-0.05, 0) is 19.1 Å². The molecule has 0 fully saturated rings. The van der Waals surface area contributed by atoms with Crippen LogP contribution in [0.4, 0.5) is 0 Å². The summed E-state index contributed by atoms with van der Waals surface area (Å²) in [5, 5.41) is 1.10. The molecule has 0 spiro atoms. The molecule has 0 saturated carbocycles. The van der Waals surface area contributed by atoms with Gasteiger partial charge in [0.15, 0.2) is 0 Å². The second-order valence-electron chi connectivity index (χ2n) is 3.13. The normalized spacial score (nSPS) is 12.5. The van der Waals surface area contributed by atoms with Gasteiger partial charge in [-0.1, -0.05) is 36.2 Å². The van der Waals surface area contributed by atoms with Crippen molar-refractivity contribution in [2.45, 2.75) is 30.4 Å². The predicted molar refractivity (Wildman–Crippen MR) is 67.1 cm³/mol. The fourth-order valence-electron chi connectivity index (χ4n) is 1.13. The number of carbonyl (C=O) groups is 1. The number of benzene rings is 1. The summed E-state index contributed by atoms with van der Waals surface area (Å²) in [6, 6.07) is 5.35. The minimum Gasteiger partial charge on any atom is -0.298 e. The van der Waals surface area contributed by atoms with Gasteiger partial charge in [0.2, 0.25) is 0 Å². The van der Waals surface area contributed by atoms with Crippen LogP contribution in [0.2, 0.25) is 10.0 Å². The van der Waals surface area contributed by atoms with E-state index in [0.717, 1.165) is 4.90 Å². The Hall–Kier alpha value is -0.180. The van der Waals surface area contributed by atoms with Crippen molar-refractivity contribution in [2.75, 3.05) is 0 Å². The maximum Gasteiger partial charge on any atom is 0.145 e. The zero-order valence-electron chi connectivity index (χ0n) is 8.59. The third-order valence-electron chi connectivity index (χ3n) is 2.02. The molecule has 4 heteroatoms. The van der Waals surface area contributed by atoms with Gasteiger partial charge < -0.3 is 0 Å². The van der Waals surface area contributed by atoms with E-state index in [1.54, 1.807) is 18.2 Å². The Morgan fingerprint density at radius 2 is 1.93 bits per heavy atom. The molecule has 15 heavy (non-hydrogen) atoms. The predicted octanol–water partition coefficient (Wildman–Crippen LogP) is 4.45. The third kappa shape index (κ3) is 3.40. The highest BCUT2D eigenvalue weighted by Crippen LogP contribution is 2.36. The van der Waals surface area contributed by atoms with Crippen molar-refractivity contribution in [3.8, 4) is 0 Å². The van der Waals surface area contributed by atoms with Gasteiger partial charge in [0.1, 0.15) is 5.78 Å². The molecule has 0 saturated heterocycles. The number of ketones is 1. The first-order chi connectivity index (χ1) is 7.06. The van der Waals surface area contributed by atoms with E-state index < -0.39 is 0 Å². The highest BCUT2D eigenvalue weighted by Gasteiger charge is 2.15. The van der Waals surface area contributed by atoms with Crippen molar-refractivity contribution >= 4 is 40.7 Å². The molecule has 0 aliphatic heterocycles. The summed E-state index contributed by atoms with van der Waals surface area (Å²) >= 11 is 13.4. The lowest BCUT2D eigenvalue weighted by molar-refractivity contribution is -0.117. The van der Waals surface area contributed by atoms with E-state index >= 15 is 0 Å². The van der Waals surface area contributed by atoms with E-state index in [1.807, 2.05) is 13.8 Å². The summed E-state index contributed by atoms with van der Waals surface area (Å²) in [5.41, 5.74) is 0. The van der Waals surface area contributed by atoms with Crippen molar-refractivity contribution in [1.82, 2.24) is 0 Å². The summed E-state index contributed by atoms with van der Waals surface area (Å²) in [6.07, 6.45) is 0.538. The number of hydrogen-bond acceptors (Lipinski definition) is 2. The van der Waals surface area contributed by atoms with Crippen LogP contribution in [0.5, 0.6) is 0 Å². The van der Waals surface area contributed by atoms with Gasteiger partial charge in [0, 0.05) is 11.3 Å². The van der Waals surface area contributed by atoms with Crippen LogP contribution in [0.3, 0.4) is 0 Å². The summed E-state index contributed by atoms with van der Waals surface area (Å²) in [5.74, 6) is 0.205. The maximum atomic E-state index is 11.4. The number of Topliss-reactive ketones (excluding diaryl/α,β-unsaturated/α-hetero) is 1. The minimum atomic E-state index is -0.104. The molecule has 1 rings (SSSR count). The average Bonchev–Trinajstić information content (AvgIpc) is 2.22. The van der Waals surface area contributed by atoms with Gasteiger partial charge in [-0.25, -0.2) is 0 Å². The Morgan fingerprint density at radius 1 is 1.40 bits per heavy atom. The second-order valence-corrected chi connectivity index (χ2v) is 5.30. The van der Waals surface area contributed by atoms with Crippen LogP contribution in [0.25, 0.3) is 0 Å². The smallest absolute Gasteiger partial charge is 0.145 e. The van der Waals surface area contributed by atoms with E-state index in [0.29, 0.717) is 16.5 Å².